The minimum atomic E-state index is -4.69. The summed E-state index contributed by atoms with van der Waals surface area (Å²) >= 11 is 2.43. The number of carbonyl (C=O) groups excluding carboxylic acids is 1. The fraction of sp³-hybridized carbons (Fsp3) is 0.150. The average Bonchev–Trinajstić information content (AvgIpc) is 3.23. The van der Waals surface area contributed by atoms with Crippen LogP contribution in [0.5, 0.6) is 0 Å². The summed E-state index contributed by atoms with van der Waals surface area (Å²) in [5, 5.41) is 10.3. The first-order chi connectivity index (χ1) is 15.6. The number of nitrogens with one attached hydrogen (secondary N) is 1. The molecule has 0 fully saturated rings. The normalized spacial score (nSPS) is 11.7. The van der Waals surface area contributed by atoms with Crippen molar-refractivity contribution >= 4 is 49.8 Å². The van der Waals surface area contributed by atoms with E-state index in [1.807, 2.05) is 0 Å². The van der Waals surface area contributed by atoms with E-state index in [2.05, 4.69) is 22.1 Å². The van der Waals surface area contributed by atoms with Gasteiger partial charge in [-0.05, 0) is 30.3 Å². The Hall–Kier alpha value is -2.90. The summed E-state index contributed by atoms with van der Waals surface area (Å²) in [6.07, 6.45) is -3.02. The number of nitrogens with zero attached hydrogens (tertiary/aromatic N) is 3. The summed E-state index contributed by atoms with van der Waals surface area (Å²) in [5.41, 5.74) is -1.34. The summed E-state index contributed by atoms with van der Waals surface area (Å²) in [4.78, 5) is 12.5. The third-order valence-electron chi connectivity index (χ3n) is 4.06. The van der Waals surface area contributed by atoms with Crippen molar-refractivity contribution in [1.29, 1.82) is 0 Å². The largest absolute Gasteiger partial charge is 0.416 e. The molecule has 3 aromatic rings. The molecule has 2 aromatic carbocycles. The van der Waals surface area contributed by atoms with Crippen LogP contribution in [0.4, 0.5) is 24.0 Å². The Morgan fingerprint density at radius 2 is 1.88 bits per heavy atom. The number of alkyl halides is 3. The molecule has 0 saturated heterocycles. The highest BCUT2D eigenvalue weighted by Crippen LogP contribution is 2.33. The molecule has 0 aliphatic heterocycles. The van der Waals surface area contributed by atoms with Gasteiger partial charge in [0, 0.05) is 5.75 Å². The van der Waals surface area contributed by atoms with E-state index >= 15 is 0 Å². The predicted octanol–water partition coefficient (Wildman–Crippen LogP) is 4.67. The van der Waals surface area contributed by atoms with Crippen LogP contribution in [-0.4, -0.2) is 36.8 Å². The van der Waals surface area contributed by atoms with Gasteiger partial charge in [-0.3, -0.25) is 14.4 Å². The van der Waals surface area contributed by atoms with Crippen LogP contribution in [0.1, 0.15) is 5.56 Å². The molecule has 13 heteroatoms. The Morgan fingerprint density at radius 3 is 2.55 bits per heavy atom. The fourth-order valence-corrected chi connectivity index (χ4v) is 5.57. The van der Waals surface area contributed by atoms with Gasteiger partial charge in [-0.2, -0.15) is 13.2 Å². The maximum Gasteiger partial charge on any atom is 0.416 e. The number of hydrogen-bond donors (Lipinski definition) is 1. The lowest BCUT2D eigenvalue weighted by atomic mass is 10.2. The number of benzene rings is 2. The van der Waals surface area contributed by atoms with Gasteiger partial charge in [0.2, 0.25) is 11.0 Å². The van der Waals surface area contributed by atoms with Crippen LogP contribution in [0.25, 0.3) is 0 Å². The van der Waals surface area contributed by atoms with E-state index in [1.54, 1.807) is 12.1 Å². The molecule has 7 nitrogen and oxygen atoms in total. The zero-order chi connectivity index (χ0) is 24.1. The smallest absolute Gasteiger partial charge is 0.299 e. The number of aromatic nitrogens is 2. The summed E-state index contributed by atoms with van der Waals surface area (Å²) in [6.45, 7) is 2.82. The number of halogens is 3. The van der Waals surface area contributed by atoms with Crippen molar-refractivity contribution < 1.29 is 26.4 Å². The molecule has 1 N–H and O–H groups in total. The van der Waals surface area contributed by atoms with Crippen LogP contribution in [0.3, 0.4) is 0 Å². The van der Waals surface area contributed by atoms with E-state index in [1.165, 1.54) is 42.1 Å². The van der Waals surface area contributed by atoms with Crippen LogP contribution >= 0.6 is 23.1 Å². The molecule has 3 rings (SSSR count). The number of carbonyl (C=O) groups is 1. The quantitative estimate of drug-likeness (QED) is 0.254. The zero-order valence-corrected chi connectivity index (χ0v) is 19.3. The molecule has 0 saturated carbocycles. The van der Waals surface area contributed by atoms with Gasteiger partial charge in [-0.1, -0.05) is 53.4 Å². The average molecular weight is 515 g/mol. The molecular weight excluding hydrogens is 497 g/mol. The molecule has 0 bridgehead atoms. The number of rotatable bonds is 9. The van der Waals surface area contributed by atoms with Gasteiger partial charge in [0.15, 0.2) is 4.34 Å². The molecule has 0 aliphatic rings. The molecule has 0 aliphatic carbocycles. The van der Waals surface area contributed by atoms with Crippen molar-refractivity contribution in [2.45, 2.75) is 15.4 Å². The summed E-state index contributed by atoms with van der Waals surface area (Å²) in [5.74, 6) is -0.204. The summed E-state index contributed by atoms with van der Waals surface area (Å²) < 4.78 is 67.3. The van der Waals surface area contributed by atoms with E-state index in [0.29, 0.717) is 20.5 Å². The lowest BCUT2D eigenvalue weighted by molar-refractivity contribution is -0.137. The highest BCUT2D eigenvalue weighted by atomic mass is 32.2. The SMILES string of the molecule is C=CCSc1nnc(NC(=O)CN(c2cccc(C(F)(F)F)c2)S(=O)(=O)c2ccccc2)s1. The predicted molar refractivity (Wildman–Crippen MR) is 122 cm³/mol. The standard InChI is InChI=1S/C20H17F3N4O3S3/c1-2-11-31-19-26-25-18(32-19)24-17(28)13-27(33(29,30)16-9-4-3-5-10-16)15-8-6-7-14(12-15)20(21,22)23/h2-10,12H,1,11,13H2,(H,24,25,28). The molecule has 1 heterocycles. The van der Waals surface area contributed by atoms with Crippen molar-refractivity contribution in [2.24, 2.45) is 0 Å². The molecule has 0 radical (unpaired) electrons. The number of sulfonamides is 1. The van der Waals surface area contributed by atoms with Crippen LogP contribution in [-0.2, 0) is 21.0 Å². The van der Waals surface area contributed by atoms with Crippen molar-refractivity contribution in [3.05, 3.63) is 72.8 Å². The Morgan fingerprint density at radius 1 is 1.15 bits per heavy atom. The first-order valence-electron chi connectivity index (χ1n) is 9.23. The van der Waals surface area contributed by atoms with E-state index in [-0.39, 0.29) is 15.7 Å². The summed E-state index contributed by atoms with van der Waals surface area (Å²) in [7, 11) is -4.35. The van der Waals surface area contributed by atoms with Crippen molar-refractivity contribution in [2.75, 3.05) is 21.9 Å². The maximum absolute atomic E-state index is 13.2. The highest BCUT2D eigenvalue weighted by Gasteiger charge is 2.33. The first kappa shape index (κ1) is 24.7. The molecule has 174 valence electrons. The minimum Gasteiger partial charge on any atom is -0.299 e. The summed E-state index contributed by atoms with van der Waals surface area (Å²) in [6, 6.07) is 10.9. The molecular formula is C20H17F3N4O3S3. The first-order valence-corrected chi connectivity index (χ1v) is 12.5. The number of hydrogen-bond acceptors (Lipinski definition) is 7. The zero-order valence-electron chi connectivity index (χ0n) is 16.8. The highest BCUT2D eigenvalue weighted by molar-refractivity contribution is 8.01. The Kier molecular flexibility index (Phi) is 7.76. The van der Waals surface area contributed by atoms with Crippen LogP contribution in [0, 0.1) is 0 Å². The molecule has 0 spiro atoms. The third-order valence-corrected chi connectivity index (χ3v) is 7.81. The van der Waals surface area contributed by atoms with E-state index in [0.717, 1.165) is 23.5 Å². The number of amides is 1. The van der Waals surface area contributed by atoms with Crippen molar-refractivity contribution in [3.8, 4) is 0 Å². The number of anilines is 2. The lowest BCUT2D eigenvalue weighted by Gasteiger charge is -2.24. The van der Waals surface area contributed by atoms with E-state index in [9.17, 15) is 26.4 Å². The topological polar surface area (TPSA) is 92.3 Å². The van der Waals surface area contributed by atoms with Gasteiger partial charge in [0.25, 0.3) is 10.0 Å². The Labute approximate surface area is 196 Å². The van der Waals surface area contributed by atoms with Gasteiger partial charge in [-0.15, -0.1) is 16.8 Å². The van der Waals surface area contributed by atoms with Crippen LogP contribution in [0.15, 0.2) is 76.5 Å². The minimum absolute atomic E-state index is 0.132. The molecule has 1 amide bonds. The lowest BCUT2D eigenvalue weighted by Crippen LogP contribution is -2.38. The molecule has 1 aromatic heterocycles. The van der Waals surface area contributed by atoms with Gasteiger partial charge >= 0.3 is 6.18 Å². The van der Waals surface area contributed by atoms with Crippen LogP contribution < -0.4 is 9.62 Å². The van der Waals surface area contributed by atoms with Crippen LogP contribution in [0.2, 0.25) is 0 Å². The van der Waals surface area contributed by atoms with Gasteiger partial charge < -0.3 is 0 Å². The molecule has 0 atom stereocenters. The monoisotopic (exact) mass is 514 g/mol. The second-order valence-electron chi connectivity index (χ2n) is 6.39. The third kappa shape index (κ3) is 6.33. The van der Waals surface area contributed by atoms with Gasteiger partial charge in [-0.25, -0.2) is 8.42 Å². The van der Waals surface area contributed by atoms with E-state index in [4.69, 9.17) is 0 Å². The molecule has 0 unspecified atom stereocenters. The second kappa shape index (κ2) is 10.4. The number of thioether (sulfide) groups is 1. The fourth-order valence-electron chi connectivity index (χ4n) is 2.61. The molecule has 33 heavy (non-hydrogen) atoms. The Balaban J connectivity index is 1.92. The second-order valence-corrected chi connectivity index (χ2v) is 10.5. The Bertz CT molecular complexity index is 1230. The van der Waals surface area contributed by atoms with Gasteiger partial charge in [0.05, 0.1) is 16.1 Å². The maximum atomic E-state index is 13.2. The van der Waals surface area contributed by atoms with Crippen molar-refractivity contribution in [3.63, 3.8) is 0 Å². The van der Waals surface area contributed by atoms with E-state index < -0.39 is 34.2 Å². The van der Waals surface area contributed by atoms with Crippen molar-refractivity contribution in [1.82, 2.24) is 10.2 Å². The van der Waals surface area contributed by atoms with Gasteiger partial charge in [0.1, 0.15) is 6.54 Å².